The molecule has 1 aromatic heterocycles. The molecule has 19 heavy (non-hydrogen) atoms. The molecule has 0 amide bonds. The zero-order chi connectivity index (χ0) is 13.6. The van der Waals surface area contributed by atoms with E-state index in [1.807, 2.05) is 30.3 Å². The maximum absolute atomic E-state index is 11.7. The number of thiazole rings is 1. The van der Waals surface area contributed by atoms with Crippen LogP contribution in [0.25, 0.3) is 0 Å². The highest BCUT2D eigenvalue weighted by Gasteiger charge is 2.11. The zero-order valence-electron chi connectivity index (χ0n) is 10.2. The summed E-state index contributed by atoms with van der Waals surface area (Å²) in [6.45, 7) is 0.559. The Bertz CT molecular complexity index is 583. The van der Waals surface area contributed by atoms with Gasteiger partial charge in [0, 0.05) is 11.6 Å². The summed E-state index contributed by atoms with van der Waals surface area (Å²) >= 11 is 1.24. The number of anilines is 1. The van der Waals surface area contributed by atoms with Crippen molar-refractivity contribution >= 4 is 26.5 Å². The molecule has 5 nitrogen and oxygen atoms in total. The quantitative estimate of drug-likeness (QED) is 0.795. The summed E-state index contributed by atoms with van der Waals surface area (Å²) in [6.07, 6.45) is 1.55. The smallest absolute Gasteiger partial charge is 0.236 e. The van der Waals surface area contributed by atoms with Crippen LogP contribution in [-0.4, -0.2) is 25.8 Å². The Morgan fingerprint density at radius 3 is 2.74 bits per heavy atom. The minimum atomic E-state index is -3.39. The van der Waals surface area contributed by atoms with Crippen LogP contribution in [0.5, 0.6) is 0 Å². The average molecular weight is 298 g/mol. The van der Waals surface area contributed by atoms with Crippen molar-refractivity contribution < 1.29 is 13.2 Å². The molecule has 7 heteroatoms. The minimum absolute atomic E-state index is 0.0839. The SMILES string of the molecule is O=S(=O)(CCOCc1ccccc1)Nc1nccs1. The molecule has 0 aliphatic rings. The van der Waals surface area contributed by atoms with E-state index in [2.05, 4.69) is 9.71 Å². The molecular weight excluding hydrogens is 284 g/mol. The maximum Gasteiger partial charge on any atom is 0.236 e. The highest BCUT2D eigenvalue weighted by atomic mass is 32.2. The monoisotopic (exact) mass is 298 g/mol. The van der Waals surface area contributed by atoms with Crippen LogP contribution in [0.2, 0.25) is 0 Å². The number of nitrogens with zero attached hydrogens (tertiary/aromatic N) is 1. The zero-order valence-corrected chi connectivity index (χ0v) is 11.8. The summed E-state index contributed by atoms with van der Waals surface area (Å²) in [5.74, 6) is -0.0839. The first-order valence-electron chi connectivity index (χ1n) is 5.67. The maximum atomic E-state index is 11.7. The number of hydrogen-bond acceptors (Lipinski definition) is 5. The second-order valence-electron chi connectivity index (χ2n) is 3.80. The van der Waals surface area contributed by atoms with Gasteiger partial charge < -0.3 is 4.74 Å². The van der Waals surface area contributed by atoms with Gasteiger partial charge in [0.25, 0.3) is 0 Å². The molecular formula is C12H14N2O3S2. The van der Waals surface area contributed by atoms with E-state index < -0.39 is 10.0 Å². The summed E-state index contributed by atoms with van der Waals surface area (Å²) in [6, 6.07) is 9.62. The highest BCUT2D eigenvalue weighted by Crippen LogP contribution is 2.12. The fourth-order valence-electron chi connectivity index (χ4n) is 1.39. The third-order valence-electron chi connectivity index (χ3n) is 2.28. The van der Waals surface area contributed by atoms with E-state index in [1.165, 1.54) is 11.3 Å². The third kappa shape index (κ3) is 4.98. The van der Waals surface area contributed by atoms with Crippen molar-refractivity contribution in [2.24, 2.45) is 0 Å². The van der Waals surface area contributed by atoms with Gasteiger partial charge in [-0.15, -0.1) is 11.3 Å². The van der Waals surface area contributed by atoms with Gasteiger partial charge in [-0.1, -0.05) is 30.3 Å². The standard InChI is InChI=1S/C12H14N2O3S2/c15-19(16,14-12-13-6-8-18-12)9-7-17-10-11-4-2-1-3-5-11/h1-6,8H,7,9-10H2,(H,13,14). The van der Waals surface area contributed by atoms with Gasteiger partial charge >= 0.3 is 0 Å². The Morgan fingerprint density at radius 1 is 1.26 bits per heavy atom. The second-order valence-corrected chi connectivity index (χ2v) is 6.53. The van der Waals surface area contributed by atoms with Crippen LogP contribution in [-0.2, 0) is 21.4 Å². The Kier molecular flexibility index (Phi) is 4.89. The third-order valence-corrected chi connectivity index (χ3v) is 4.31. The molecule has 102 valence electrons. The molecule has 0 spiro atoms. The van der Waals surface area contributed by atoms with E-state index in [9.17, 15) is 8.42 Å². The predicted octanol–water partition coefficient (Wildman–Crippen LogP) is 2.10. The highest BCUT2D eigenvalue weighted by molar-refractivity contribution is 7.92. The van der Waals surface area contributed by atoms with Crippen molar-refractivity contribution in [1.82, 2.24) is 4.98 Å². The summed E-state index contributed by atoms with van der Waals surface area (Å²) in [5, 5.41) is 2.09. The Hall–Kier alpha value is -1.44. The van der Waals surface area contributed by atoms with E-state index >= 15 is 0 Å². The van der Waals surface area contributed by atoms with Crippen molar-refractivity contribution in [1.29, 1.82) is 0 Å². The van der Waals surface area contributed by atoms with Crippen molar-refractivity contribution in [3.8, 4) is 0 Å². The number of ether oxygens (including phenoxy) is 1. The van der Waals surface area contributed by atoms with Crippen LogP contribution >= 0.6 is 11.3 Å². The Balaban J connectivity index is 1.73. The molecule has 2 rings (SSSR count). The molecule has 0 aliphatic heterocycles. The van der Waals surface area contributed by atoms with E-state index in [0.29, 0.717) is 11.7 Å². The van der Waals surface area contributed by atoms with Crippen LogP contribution in [0, 0.1) is 0 Å². The Morgan fingerprint density at radius 2 is 2.05 bits per heavy atom. The first kappa shape index (κ1) is 14.0. The average Bonchev–Trinajstić information content (AvgIpc) is 2.88. The van der Waals surface area contributed by atoms with Gasteiger partial charge in [0.1, 0.15) is 0 Å². The fourth-order valence-corrected chi connectivity index (χ4v) is 3.09. The molecule has 0 saturated heterocycles. The van der Waals surface area contributed by atoms with Crippen LogP contribution in [0.15, 0.2) is 41.9 Å². The van der Waals surface area contributed by atoms with Gasteiger partial charge in [0.15, 0.2) is 5.13 Å². The number of nitrogens with one attached hydrogen (secondary N) is 1. The Labute approximate surface area is 116 Å². The molecule has 0 radical (unpaired) electrons. The van der Waals surface area contributed by atoms with E-state index in [0.717, 1.165) is 5.56 Å². The molecule has 0 atom stereocenters. The van der Waals surface area contributed by atoms with E-state index in [-0.39, 0.29) is 12.4 Å². The lowest BCUT2D eigenvalue weighted by atomic mass is 10.2. The first-order chi connectivity index (χ1) is 9.16. The molecule has 0 unspecified atom stereocenters. The van der Waals surface area contributed by atoms with Crippen molar-refractivity contribution in [2.75, 3.05) is 17.1 Å². The van der Waals surface area contributed by atoms with Crippen molar-refractivity contribution in [3.05, 3.63) is 47.5 Å². The number of rotatable bonds is 7. The molecule has 0 aliphatic carbocycles. The van der Waals surface area contributed by atoms with Gasteiger partial charge in [-0.2, -0.15) is 0 Å². The van der Waals surface area contributed by atoms with Gasteiger partial charge in [-0.05, 0) is 5.56 Å². The van der Waals surface area contributed by atoms with Crippen LogP contribution in [0.1, 0.15) is 5.56 Å². The summed E-state index contributed by atoms with van der Waals surface area (Å²) in [4.78, 5) is 3.86. The van der Waals surface area contributed by atoms with Gasteiger partial charge in [-0.3, -0.25) is 4.72 Å². The molecule has 1 aromatic carbocycles. The lowest BCUT2D eigenvalue weighted by Crippen LogP contribution is -2.20. The first-order valence-corrected chi connectivity index (χ1v) is 8.20. The predicted molar refractivity (Wildman–Crippen MR) is 75.6 cm³/mol. The normalized spacial score (nSPS) is 11.4. The fraction of sp³-hybridized carbons (Fsp3) is 0.250. The molecule has 1 heterocycles. The second kappa shape index (κ2) is 6.65. The van der Waals surface area contributed by atoms with E-state index in [1.54, 1.807) is 11.6 Å². The molecule has 0 bridgehead atoms. The van der Waals surface area contributed by atoms with Gasteiger partial charge in [-0.25, -0.2) is 13.4 Å². The van der Waals surface area contributed by atoms with Crippen LogP contribution < -0.4 is 4.72 Å². The van der Waals surface area contributed by atoms with Crippen molar-refractivity contribution in [2.45, 2.75) is 6.61 Å². The number of hydrogen-bond donors (Lipinski definition) is 1. The summed E-state index contributed by atoms with van der Waals surface area (Å²) in [7, 11) is -3.39. The summed E-state index contributed by atoms with van der Waals surface area (Å²) in [5.41, 5.74) is 1.02. The molecule has 2 aromatic rings. The topological polar surface area (TPSA) is 68.3 Å². The molecule has 0 fully saturated rings. The van der Waals surface area contributed by atoms with Gasteiger partial charge in [0.2, 0.25) is 10.0 Å². The minimum Gasteiger partial charge on any atom is -0.376 e. The number of aromatic nitrogens is 1. The lowest BCUT2D eigenvalue weighted by Gasteiger charge is -2.06. The largest absolute Gasteiger partial charge is 0.376 e. The molecule has 0 saturated carbocycles. The lowest BCUT2D eigenvalue weighted by molar-refractivity contribution is 0.135. The van der Waals surface area contributed by atoms with Gasteiger partial charge in [0.05, 0.1) is 19.0 Å². The van der Waals surface area contributed by atoms with Crippen molar-refractivity contribution in [3.63, 3.8) is 0 Å². The van der Waals surface area contributed by atoms with Crippen LogP contribution in [0.4, 0.5) is 5.13 Å². The molecule has 1 N–H and O–H groups in total. The number of benzene rings is 1. The van der Waals surface area contributed by atoms with Crippen LogP contribution in [0.3, 0.4) is 0 Å². The number of sulfonamides is 1. The summed E-state index contributed by atoms with van der Waals surface area (Å²) < 4.78 is 31.1. The van der Waals surface area contributed by atoms with E-state index in [4.69, 9.17) is 4.74 Å².